The van der Waals surface area contributed by atoms with Crippen LogP contribution in [0.1, 0.15) is 84.0 Å². The lowest BCUT2D eigenvalue weighted by atomic mass is 10.1. The van der Waals surface area contributed by atoms with Gasteiger partial charge in [0.1, 0.15) is 0 Å². The van der Waals surface area contributed by atoms with Gasteiger partial charge in [0.25, 0.3) is 0 Å². The van der Waals surface area contributed by atoms with Crippen LogP contribution in [0.25, 0.3) is 0 Å². The van der Waals surface area contributed by atoms with Crippen molar-refractivity contribution < 1.29 is 0 Å². The standard InChI is InChI=1S/C17H32/c1-3-5-7-9-11-13-15-17-16-14-12-10-8-6-4-2/h3,15,17H,1,4-14,16H2,2H3. The Labute approximate surface area is 109 Å². The third kappa shape index (κ3) is 15.5. The molecule has 0 rings (SSSR count). The molecule has 0 fully saturated rings. The predicted molar refractivity (Wildman–Crippen MR) is 80.4 cm³/mol. The number of rotatable bonds is 13. The van der Waals surface area contributed by atoms with Crippen molar-refractivity contribution in [3.05, 3.63) is 24.8 Å². The summed E-state index contributed by atoms with van der Waals surface area (Å²) in [5, 5.41) is 0. The third-order valence-corrected chi connectivity index (χ3v) is 3.17. The van der Waals surface area contributed by atoms with Crippen LogP contribution < -0.4 is 0 Å². The average Bonchev–Trinajstić information content (AvgIpc) is 2.35. The molecule has 0 heteroatoms. The molecule has 0 saturated carbocycles. The van der Waals surface area contributed by atoms with E-state index in [1.807, 2.05) is 6.08 Å². The molecular weight excluding hydrogens is 204 g/mol. The van der Waals surface area contributed by atoms with E-state index in [9.17, 15) is 0 Å². The summed E-state index contributed by atoms with van der Waals surface area (Å²) < 4.78 is 0. The molecule has 0 spiro atoms. The van der Waals surface area contributed by atoms with Crippen LogP contribution in [0.5, 0.6) is 0 Å². The zero-order chi connectivity index (χ0) is 12.6. The van der Waals surface area contributed by atoms with Crippen molar-refractivity contribution in [2.45, 2.75) is 84.0 Å². The lowest BCUT2D eigenvalue weighted by Gasteiger charge is -1.98. The first-order chi connectivity index (χ1) is 8.41. The van der Waals surface area contributed by atoms with E-state index in [1.165, 1.54) is 77.0 Å². The molecule has 0 aliphatic carbocycles. The molecule has 0 saturated heterocycles. The maximum Gasteiger partial charge on any atom is -0.0351 e. The summed E-state index contributed by atoms with van der Waals surface area (Å²) in [6, 6.07) is 0. The van der Waals surface area contributed by atoms with Gasteiger partial charge >= 0.3 is 0 Å². The summed E-state index contributed by atoms with van der Waals surface area (Å²) >= 11 is 0. The van der Waals surface area contributed by atoms with E-state index in [0.29, 0.717) is 0 Å². The number of hydrogen-bond acceptors (Lipinski definition) is 0. The molecular formula is C17H32. The van der Waals surface area contributed by atoms with Crippen molar-refractivity contribution in [2.75, 3.05) is 0 Å². The molecule has 0 aromatic heterocycles. The number of unbranched alkanes of at least 4 members (excludes halogenated alkanes) is 10. The largest absolute Gasteiger partial charge is 0.103 e. The molecule has 0 bridgehead atoms. The normalized spacial score (nSPS) is 11.1. The van der Waals surface area contributed by atoms with E-state index >= 15 is 0 Å². The van der Waals surface area contributed by atoms with Crippen molar-refractivity contribution in [1.82, 2.24) is 0 Å². The highest BCUT2D eigenvalue weighted by molar-refractivity contribution is 4.81. The fourth-order valence-corrected chi connectivity index (χ4v) is 2.01. The second kappa shape index (κ2) is 15.5. The van der Waals surface area contributed by atoms with E-state index in [4.69, 9.17) is 0 Å². The predicted octanol–water partition coefficient (Wildman–Crippen LogP) is 6.43. The summed E-state index contributed by atoms with van der Waals surface area (Å²) in [5.74, 6) is 0. The van der Waals surface area contributed by atoms with Crippen molar-refractivity contribution in [3.8, 4) is 0 Å². The molecule has 0 nitrogen and oxygen atoms in total. The summed E-state index contributed by atoms with van der Waals surface area (Å²) in [6.07, 6.45) is 23.0. The SMILES string of the molecule is C=CCCCCCC=CCCCCCCCC. The highest BCUT2D eigenvalue weighted by Crippen LogP contribution is 2.08. The van der Waals surface area contributed by atoms with Gasteiger partial charge in [0, 0.05) is 0 Å². The highest BCUT2D eigenvalue weighted by Gasteiger charge is 1.88. The Morgan fingerprint density at radius 1 is 0.647 bits per heavy atom. The van der Waals surface area contributed by atoms with Crippen LogP contribution in [-0.4, -0.2) is 0 Å². The molecule has 100 valence electrons. The van der Waals surface area contributed by atoms with Gasteiger partial charge < -0.3 is 0 Å². The Morgan fingerprint density at radius 3 is 1.71 bits per heavy atom. The topological polar surface area (TPSA) is 0 Å². The Balaban J connectivity index is 3.01. The Hall–Kier alpha value is -0.520. The van der Waals surface area contributed by atoms with E-state index < -0.39 is 0 Å². The van der Waals surface area contributed by atoms with Crippen LogP contribution in [0, 0.1) is 0 Å². The van der Waals surface area contributed by atoms with Gasteiger partial charge in [-0.2, -0.15) is 0 Å². The first-order valence-corrected chi connectivity index (χ1v) is 7.67. The average molecular weight is 236 g/mol. The van der Waals surface area contributed by atoms with Crippen molar-refractivity contribution in [2.24, 2.45) is 0 Å². The number of hydrogen-bond donors (Lipinski definition) is 0. The molecule has 0 aromatic rings. The Morgan fingerprint density at radius 2 is 1.12 bits per heavy atom. The molecule has 0 amide bonds. The summed E-state index contributed by atoms with van der Waals surface area (Å²) in [6.45, 7) is 6.02. The van der Waals surface area contributed by atoms with E-state index in [2.05, 4.69) is 25.7 Å². The summed E-state index contributed by atoms with van der Waals surface area (Å²) in [7, 11) is 0. The van der Waals surface area contributed by atoms with Gasteiger partial charge in [0.2, 0.25) is 0 Å². The van der Waals surface area contributed by atoms with Gasteiger partial charge in [-0.1, -0.05) is 63.7 Å². The van der Waals surface area contributed by atoms with Gasteiger partial charge in [-0.15, -0.1) is 6.58 Å². The zero-order valence-electron chi connectivity index (χ0n) is 11.9. The van der Waals surface area contributed by atoms with Crippen LogP contribution in [-0.2, 0) is 0 Å². The van der Waals surface area contributed by atoms with Crippen molar-refractivity contribution >= 4 is 0 Å². The van der Waals surface area contributed by atoms with Crippen LogP contribution in [0.4, 0.5) is 0 Å². The van der Waals surface area contributed by atoms with Gasteiger partial charge in [-0.05, 0) is 38.5 Å². The fourth-order valence-electron chi connectivity index (χ4n) is 2.01. The van der Waals surface area contributed by atoms with Gasteiger partial charge in [-0.25, -0.2) is 0 Å². The van der Waals surface area contributed by atoms with E-state index in [-0.39, 0.29) is 0 Å². The van der Waals surface area contributed by atoms with E-state index in [0.717, 1.165) is 0 Å². The van der Waals surface area contributed by atoms with Crippen LogP contribution >= 0.6 is 0 Å². The first kappa shape index (κ1) is 16.5. The van der Waals surface area contributed by atoms with Crippen molar-refractivity contribution in [1.29, 1.82) is 0 Å². The maximum absolute atomic E-state index is 3.74. The monoisotopic (exact) mass is 236 g/mol. The van der Waals surface area contributed by atoms with Crippen LogP contribution in [0.15, 0.2) is 24.8 Å². The van der Waals surface area contributed by atoms with Crippen LogP contribution in [0.3, 0.4) is 0 Å². The van der Waals surface area contributed by atoms with Gasteiger partial charge in [0.15, 0.2) is 0 Å². The van der Waals surface area contributed by atoms with Crippen molar-refractivity contribution in [3.63, 3.8) is 0 Å². The van der Waals surface area contributed by atoms with Gasteiger partial charge in [-0.3, -0.25) is 0 Å². The lowest BCUT2D eigenvalue weighted by molar-refractivity contribution is 0.610. The molecule has 0 radical (unpaired) electrons. The molecule has 0 heterocycles. The highest BCUT2D eigenvalue weighted by atomic mass is 13.9. The Bertz CT molecular complexity index is 167. The molecule has 0 aliphatic rings. The molecule has 0 aromatic carbocycles. The molecule has 0 atom stereocenters. The first-order valence-electron chi connectivity index (χ1n) is 7.67. The minimum atomic E-state index is 1.18. The molecule has 17 heavy (non-hydrogen) atoms. The van der Waals surface area contributed by atoms with Gasteiger partial charge in [0.05, 0.1) is 0 Å². The summed E-state index contributed by atoms with van der Waals surface area (Å²) in [4.78, 5) is 0. The second-order valence-electron chi connectivity index (χ2n) is 4.95. The fraction of sp³-hybridized carbons (Fsp3) is 0.765. The minimum Gasteiger partial charge on any atom is -0.103 e. The minimum absolute atomic E-state index is 1.18. The quantitative estimate of drug-likeness (QED) is 0.255. The molecule has 0 N–H and O–H groups in total. The second-order valence-corrected chi connectivity index (χ2v) is 4.95. The van der Waals surface area contributed by atoms with Crippen LogP contribution in [0.2, 0.25) is 0 Å². The maximum atomic E-state index is 3.74. The zero-order valence-corrected chi connectivity index (χ0v) is 11.9. The number of allylic oxidation sites excluding steroid dienone is 3. The molecule has 0 unspecified atom stereocenters. The molecule has 0 aliphatic heterocycles. The Kier molecular flexibility index (Phi) is 15.0. The lowest BCUT2D eigenvalue weighted by Crippen LogP contribution is -1.78. The smallest absolute Gasteiger partial charge is 0.0351 e. The third-order valence-electron chi connectivity index (χ3n) is 3.17. The summed E-state index contributed by atoms with van der Waals surface area (Å²) in [5.41, 5.74) is 0. The van der Waals surface area contributed by atoms with E-state index in [1.54, 1.807) is 0 Å².